The van der Waals surface area contributed by atoms with Gasteiger partial charge in [0, 0.05) is 16.8 Å². The fourth-order valence-electron chi connectivity index (χ4n) is 1.42. The van der Waals surface area contributed by atoms with E-state index in [-0.39, 0.29) is 11.7 Å². The molecule has 0 spiro atoms. The molecule has 5 nitrogen and oxygen atoms in total. The van der Waals surface area contributed by atoms with Crippen LogP contribution in [0.3, 0.4) is 0 Å². The number of ether oxygens (including phenoxy) is 1. The number of nitrogens with zero attached hydrogens (tertiary/aromatic N) is 1. The van der Waals surface area contributed by atoms with Crippen molar-refractivity contribution >= 4 is 40.2 Å². The first-order chi connectivity index (χ1) is 8.60. The fourth-order valence-corrected chi connectivity index (χ4v) is 2.50. The second-order valence-electron chi connectivity index (χ2n) is 3.57. The van der Waals surface area contributed by atoms with Crippen molar-refractivity contribution in [1.29, 1.82) is 0 Å². The van der Waals surface area contributed by atoms with Gasteiger partial charge in [-0.1, -0.05) is 23.4 Å². The van der Waals surface area contributed by atoms with E-state index in [1.54, 1.807) is 12.1 Å². The number of rotatable bonds is 2. The number of benzene rings is 1. The van der Waals surface area contributed by atoms with Gasteiger partial charge >= 0.3 is 5.97 Å². The molecule has 1 aliphatic heterocycles. The number of carbonyl (C=O) groups is 1. The Labute approximate surface area is 113 Å². The van der Waals surface area contributed by atoms with Crippen LogP contribution in [-0.2, 0) is 9.53 Å². The van der Waals surface area contributed by atoms with E-state index in [4.69, 9.17) is 11.6 Å². The number of amidine groups is 1. The maximum atomic E-state index is 11.3. The summed E-state index contributed by atoms with van der Waals surface area (Å²) in [5.41, 5.74) is 0.496. The summed E-state index contributed by atoms with van der Waals surface area (Å²) in [4.78, 5) is 15.5. The molecule has 2 N–H and O–H groups in total. The molecule has 0 saturated carbocycles. The molecular formula is C11H11ClN2O3S. The number of aliphatic imine (C=N–C) groups is 1. The van der Waals surface area contributed by atoms with Gasteiger partial charge in [-0.05, 0) is 12.1 Å². The predicted octanol–water partition coefficient (Wildman–Crippen LogP) is 2.10. The molecule has 0 fully saturated rings. The number of methoxy groups -OCH3 is 1. The lowest BCUT2D eigenvalue weighted by Crippen LogP contribution is -2.19. The van der Waals surface area contributed by atoms with Crippen LogP contribution in [0.15, 0.2) is 23.2 Å². The SMILES string of the molecule is COC(=O)[C@@H]1CSC(Nc2ccc(Cl)cc2O)=N1. The minimum absolute atomic E-state index is 0.0346. The Morgan fingerprint density at radius 2 is 2.44 bits per heavy atom. The van der Waals surface area contributed by atoms with Gasteiger partial charge in [-0.3, -0.25) is 0 Å². The van der Waals surface area contributed by atoms with E-state index in [2.05, 4.69) is 15.0 Å². The maximum Gasteiger partial charge on any atom is 0.331 e. The number of carbonyl (C=O) groups excluding carboxylic acids is 1. The molecule has 1 aromatic rings. The van der Waals surface area contributed by atoms with Gasteiger partial charge in [0.05, 0.1) is 12.8 Å². The summed E-state index contributed by atoms with van der Waals surface area (Å²) in [7, 11) is 1.33. The standard InChI is InChI=1S/C11H11ClN2O3S/c1-17-10(16)8-5-18-11(14-8)13-7-3-2-6(12)4-9(7)15/h2-4,8,15H,5H2,1H3,(H,13,14)/t8-/m0/s1. The minimum atomic E-state index is -0.489. The van der Waals surface area contributed by atoms with E-state index in [0.717, 1.165) is 0 Å². The van der Waals surface area contributed by atoms with Crippen LogP contribution in [0, 0.1) is 0 Å². The van der Waals surface area contributed by atoms with Crippen LogP contribution < -0.4 is 5.32 Å². The highest BCUT2D eigenvalue weighted by molar-refractivity contribution is 8.14. The fraction of sp³-hybridized carbons (Fsp3) is 0.273. The van der Waals surface area contributed by atoms with Gasteiger partial charge in [0.15, 0.2) is 11.2 Å². The number of aromatic hydroxyl groups is 1. The average molecular weight is 287 g/mol. The number of esters is 1. The molecule has 7 heteroatoms. The van der Waals surface area contributed by atoms with Gasteiger partial charge in [0.2, 0.25) is 0 Å². The third kappa shape index (κ3) is 2.88. The van der Waals surface area contributed by atoms with Crippen molar-refractivity contribution in [2.45, 2.75) is 6.04 Å². The summed E-state index contributed by atoms with van der Waals surface area (Å²) >= 11 is 7.13. The van der Waals surface area contributed by atoms with Crippen LogP contribution in [-0.4, -0.2) is 35.1 Å². The van der Waals surface area contributed by atoms with E-state index in [1.165, 1.54) is 24.9 Å². The zero-order chi connectivity index (χ0) is 13.1. The summed E-state index contributed by atoms with van der Waals surface area (Å²) in [5.74, 6) is 0.204. The Bertz CT molecular complexity index is 507. The summed E-state index contributed by atoms with van der Waals surface area (Å²) in [6.07, 6.45) is 0. The molecule has 1 atom stereocenters. The van der Waals surface area contributed by atoms with E-state index >= 15 is 0 Å². The zero-order valence-corrected chi connectivity index (χ0v) is 11.1. The van der Waals surface area contributed by atoms with Crippen LogP contribution in [0.1, 0.15) is 0 Å². The normalized spacial score (nSPS) is 18.3. The molecule has 1 aromatic carbocycles. The van der Waals surface area contributed by atoms with Crippen molar-refractivity contribution in [2.75, 3.05) is 18.2 Å². The largest absolute Gasteiger partial charge is 0.506 e. The lowest BCUT2D eigenvalue weighted by Gasteiger charge is -2.07. The molecule has 0 bridgehead atoms. The summed E-state index contributed by atoms with van der Waals surface area (Å²) in [5, 5.41) is 13.6. The molecule has 0 saturated heterocycles. The van der Waals surface area contributed by atoms with Gasteiger partial charge < -0.3 is 15.2 Å². The summed E-state index contributed by atoms with van der Waals surface area (Å²) in [6, 6.07) is 4.24. The van der Waals surface area contributed by atoms with Crippen molar-refractivity contribution in [3.05, 3.63) is 23.2 Å². The van der Waals surface area contributed by atoms with E-state index in [9.17, 15) is 9.90 Å². The number of phenolic OH excluding ortho intramolecular Hbond substituents is 1. The Hall–Kier alpha value is -1.40. The Kier molecular flexibility index (Phi) is 3.98. The first-order valence-electron chi connectivity index (χ1n) is 5.14. The van der Waals surface area contributed by atoms with Crippen molar-refractivity contribution in [2.24, 2.45) is 4.99 Å². The molecule has 18 heavy (non-hydrogen) atoms. The van der Waals surface area contributed by atoms with Crippen molar-refractivity contribution in [3.63, 3.8) is 0 Å². The molecule has 1 heterocycles. The first-order valence-corrected chi connectivity index (χ1v) is 6.50. The van der Waals surface area contributed by atoms with Gasteiger partial charge in [-0.2, -0.15) is 0 Å². The first kappa shape index (κ1) is 13.0. The van der Waals surface area contributed by atoms with Crippen LogP contribution in [0.25, 0.3) is 0 Å². The molecule has 1 aliphatic rings. The Morgan fingerprint density at radius 3 is 3.11 bits per heavy atom. The van der Waals surface area contributed by atoms with Crippen molar-refractivity contribution in [3.8, 4) is 5.75 Å². The van der Waals surface area contributed by atoms with Crippen LogP contribution in [0.2, 0.25) is 5.02 Å². The number of phenols is 1. The molecule has 0 aliphatic carbocycles. The quantitative estimate of drug-likeness (QED) is 0.643. The number of thioether (sulfide) groups is 1. The minimum Gasteiger partial charge on any atom is -0.506 e. The number of nitrogens with one attached hydrogen (secondary N) is 1. The molecule has 0 radical (unpaired) electrons. The van der Waals surface area contributed by atoms with E-state index in [0.29, 0.717) is 21.6 Å². The highest BCUT2D eigenvalue weighted by Gasteiger charge is 2.26. The predicted molar refractivity (Wildman–Crippen MR) is 72.4 cm³/mol. The topological polar surface area (TPSA) is 70.9 Å². The van der Waals surface area contributed by atoms with Crippen molar-refractivity contribution < 1.29 is 14.6 Å². The highest BCUT2D eigenvalue weighted by Crippen LogP contribution is 2.29. The van der Waals surface area contributed by atoms with Gasteiger partial charge in [-0.15, -0.1) is 0 Å². The van der Waals surface area contributed by atoms with Crippen LogP contribution in [0.4, 0.5) is 5.69 Å². The van der Waals surface area contributed by atoms with Crippen LogP contribution in [0.5, 0.6) is 5.75 Å². The number of hydrogen-bond donors (Lipinski definition) is 2. The third-order valence-electron chi connectivity index (χ3n) is 2.33. The molecule has 0 unspecified atom stereocenters. The average Bonchev–Trinajstić information content (AvgIpc) is 2.80. The van der Waals surface area contributed by atoms with Gasteiger partial charge in [0.1, 0.15) is 5.75 Å². The Morgan fingerprint density at radius 1 is 1.67 bits per heavy atom. The number of anilines is 1. The maximum absolute atomic E-state index is 11.3. The van der Waals surface area contributed by atoms with E-state index in [1.807, 2.05) is 0 Å². The zero-order valence-electron chi connectivity index (χ0n) is 9.51. The van der Waals surface area contributed by atoms with Gasteiger partial charge in [-0.25, -0.2) is 9.79 Å². The molecule has 2 rings (SSSR count). The molecule has 0 aromatic heterocycles. The lowest BCUT2D eigenvalue weighted by atomic mass is 10.3. The van der Waals surface area contributed by atoms with E-state index < -0.39 is 6.04 Å². The van der Waals surface area contributed by atoms with Crippen LogP contribution >= 0.6 is 23.4 Å². The second-order valence-corrected chi connectivity index (χ2v) is 5.02. The number of halogens is 1. The summed E-state index contributed by atoms with van der Waals surface area (Å²) in [6.45, 7) is 0. The molecule has 0 amide bonds. The van der Waals surface area contributed by atoms with Crippen molar-refractivity contribution in [1.82, 2.24) is 0 Å². The number of hydrogen-bond acceptors (Lipinski definition) is 6. The smallest absolute Gasteiger partial charge is 0.331 e. The second kappa shape index (κ2) is 5.49. The Balaban J connectivity index is 2.08. The highest BCUT2D eigenvalue weighted by atomic mass is 35.5. The van der Waals surface area contributed by atoms with Gasteiger partial charge in [0.25, 0.3) is 0 Å². The lowest BCUT2D eigenvalue weighted by molar-refractivity contribution is -0.141. The third-order valence-corrected chi connectivity index (χ3v) is 3.52. The molecular weight excluding hydrogens is 276 g/mol. The molecule has 96 valence electrons. The summed E-state index contributed by atoms with van der Waals surface area (Å²) < 4.78 is 4.62. The monoisotopic (exact) mass is 286 g/mol.